The van der Waals surface area contributed by atoms with Gasteiger partial charge in [-0.15, -0.1) is 0 Å². The highest BCUT2D eigenvalue weighted by Gasteiger charge is 1.95. The minimum atomic E-state index is 0.730. The van der Waals surface area contributed by atoms with Gasteiger partial charge in [0.25, 0.3) is 0 Å². The van der Waals surface area contributed by atoms with Gasteiger partial charge in [-0.3, -0.25) is 0 Å². The fourth-order valence-corrected chi connectivity index (χ4v) is 0.936. The molecule has 0 aliphatic carbocycles. The first kappa shape index (κ1) is 12.7. The van der Waals surface area contributed by atoms with E-state index in [-0.39, 0.29) is 0 Å². The average molecular weight is 202 g/mol. The van der Waals surface area contributed by atoms with Crippen LogP contribution >= 0.6 is 12.2 Å². The number of thiocarbonyl (C=S) groups is 1. The van der Waals surface area contributed by atoms with Crippen molar-refractivity contribution in [2.24, 2.45) is 4.99 Å². The van der Waals surface area contributed by atoms with E-state index in [1.165, 1.54) is 0 Å². The highest BCUT2D eigenvalue weighted by atomic mass is 32.1. The Bertz CT molecular complexity index is 158. The van der Waals surface area contributed by atoms with E-state index in [0.29, 0.717) is 0 Å². The standard InChI is InChI=1S/C9H18N2OS/c1-3-7-12-8-6-11(2)5-4-10-9-13/h3-8H2,1-2H3. The first-order valence-corrected chi connectivity index (χ1v) is 5.02. The molecule has 0 aromatic rings. The van der Waals surface area contributed by atoms with Gasteiger partial charge >= 0.3 is 0 Å². The van der Waals surface area contributed by atoms with Gasteiger partial charge in [0, 0.05) is 19.7 Å². The molecule has 0 saturated heterocycles. The van der Waals surface area contributed by atoms with Crippen molar-refractivity contribution in [2.45, 2.75) is 13.3 Å². The lowest BCUT2D eigenvalue weighted by Crippen LogP contribution is -2.25. The summed E-state index contributed by atoms with van der Waals surface area (Å²) >= 11 is 4.47. The van der Waals surface area contributed by atoms with E-state index in [1.807, 2.05) is 7.05 Å². The topological polar surface area (TPSA) is 24.8 Å². The molecule has 0 spiro atoms. The largest absolute Gasteiger partial charge is 0.380 e. The maximum atomic E-state index is 5.35. The lowest BCUT2D eigenvalue weighted by molar-refractivity contribution is 0.113. The second kappa shape index (κ2) is 9.81. The molecule has 0 aromatic heterocycles. The molecule has 4 heteroatoms. The minimum absolute atomic E-state index is 0.730. The van der Waals surface area contributed by atoms with Gasteiger partial charge < -0.3 is 9.64 Å². The van der Waals surface area contributed by atoms with E-state index in [9.17, 15) is 0 Å². The molecule has 0 aliphatic rings. The van der Waals surface area contributed by atoms with Crippen molar-refractivity contribution in [1.82, 2.24) is 4.90 Å². The molecule has 0 saturated carbocycles. The third kappa shape index (κ3) is 9.64. The van der Waals surface area contributed by atoms with Crippen LogP contribution in [0, 0.1) is 0 Å². The number of rotatable bonds is 8. The van der Waals surface area contributed by atoms with Crippen LogP contribution in [0.2, 0.25) is 0 Å². The summed E-state index contributed by atoms with van der Waals surface area (Å²) in [4.78, 5) is 6.01. The number of ether oxygens (including phenoxy) is 1. The fraction of sp³-hybridized carbons (Fsp3) is 0.889. The van der Waals surface area contributed by atoms with Gasteiger partial charge in [0.05, 0.1) is 18.3 Å². The predicted molar refractivity (Wildman–Crippen MR) is 58.5 cm³/mol. The molecule has 76 valence electrons. The first-order chi connectivity index (χ1) is 6.31. The Morgan fingerprint density at radius 2 is 2.15 bits per heavy atom. The summed E-state index contributed by atoms with van der Waals surface area (Å²) in [6.07, 6.45) is 1.08. The van der Waals surface area contributed by atoms with Crippen molar-refractivity contribution >= 4 is 17.4 Å². The van der Waals surface area contributed by atoms with Crippen molar-refractivity contribution in [2.75, 3.05) is 39.9 Å². The molecule has 0 amide bonds. The normalized spacial score (nSPS) is 10.1. The number of likely N-dealkylation sites (N-methyl/N-ethyl adjacent to an activating group) is 1. The molecule has 0 aromatic carbocycles. The second-order valence-corrected chi connectivity index (χ2v) is 3.07. The summed E-state index contributed by atoms with van der Waals surface area (Å²) in [7, 11) is 2.05. The molecule has 13 heavy (non-hydrogen) atoms. The van der Waals surface area contributed by atoms with Crippen molar-refractivity contribution in [1.29, 1.82) is 0 Å². The molecule has 0 rings (SSSR count). The Balaban J connectivity index is 3.19. The van der Waals surface area contributed by atoms with Crippen LogP contribution in [-0.4, -0.2) is 50.0 Å². The van der Waals surface area contributed by atoms with Crippen LogP contribution in [0.3, 0.4) is 0 Å². The minimum Gasteiger partial charge on any atom is -0.380 e. The first-order valence-electron chi connectivity index (χ1n) is 4.61. The summed E-state index contributed by atoms with van der Waals surface area (Å²) in [6.45, 7) is 6.36. The van der Waals surface area contributed by atoms with Gasteiger partial charge in [0.15, 0.2) is 0 Å². The molecule has 0 atom stereocenters. The predicted octanol–water partition coefficient (Wildman–Crippen LogP) is 1.45. The number of aliphatic imine (C=N–C) groups is 1. The quantitative estimate of drug-likeness (QED) is 0.338. The Hall–Kier alpha value is -0.280. The fourth-order valence-electron chi connectivity index (χ4n) is 0.845. The van der Waals surface area contributed by atoms with Gasteiger partial charge in [-0.2, -0.15) is 0 Å². The van der Waals surface area contributed by atoms with Gasteiger partial charge in [-0.25, -0.2) is 4.99 Å². The number of isothiocyanates is 1. The van der Waals surface area contributed by atoms with Crippen molar-refractivity contribution in [3.63, 3.8) is 0 Å². The third-order valence-corrected chi connectivity index (χ3v) is 1.75. The maximum Gasteiger partial charge on any atom is 0.0620 e. The number of hydrogen-bond donors (Lipinski definition) is 0. The summed E-state index contributed by atoms with van der Waals surface area (Å²) in [5, 5.41) is 2.35. The smallest absolute Gasteiger partial charge is 0.0620 e. The average Bonchev–Trinajstić information content (AvgIpc) is 2.13. The van der Waals surface area contributed by atoms with Gasteiger partial charge in [0.2, 0.25) is 0 Å². The van der Waals surface area contributed by atoms with E-state index >= 15 is 0 Å². The molecule has 3 nitrogen and oxygen atoms in total. The lowest BCUT2D eigenvalue weighted by Gasteiger charge is -2.14. The summed E-state index contributed by atoms with van der Waals surface area (Å²) in [6, 6.07) is 0. The van der Waals surface area contributed by atoms with E-state index in [0.717, 1.165) is 39.3 Å². The zero-order valence-electron chi connectivity index (χ0n) is 8.45. The van der Waals surface area contributed by atoms with Gasteiger partial charge in [-0.05, 0) is 25.7 Å². The molecular formula is C9H18N2OS. The zero-order valence-corrected chi connectivity index (χ0v) is 9.27. The van der Waals surface area contributed by atoms with Crippen molar-refractivity contribution < 1.29 is 4.74 Å². The van der Waals surface area contributed by atoms with Crippen molar-refractivity contribution in [3.8, 4) is 0 Å². The Kier molecular flexibility index (Phi) is 9.59. The summed E-state index contributed by atoms with van der Waals surface area (Å²) < 4.78 is 5.35. The molecule has 0 bridgehead atoms. The van der Waals surface area contributed by atoms with E-state index in [2.05, 4.69) is 34.2 Å². The van der Waals surface area contributed by atoms with Gasteiger partial charge in [0.1, 0.15) is 0 Å². The second-order valence-electron chi connectivity index (χ2n) is 2.89. The van der Waals surface area contributed by atoms with E-state index < -0.39 is 0 Å². The summed E-state index contributed by atoms with van der Waals surface area (Å²) in [5.41, 5.74) is 0. The summed E-state index contributed by atoms with van der Waals surface area (Å²) in [5.74, 6) is 0. The SMILES string of the molecule is CCCOCCN(C)CCN=C=S. The highest BCUT2D eigenvalue weighted by molar-refractivity contribution is 7.78. The lowest BCUT2D eigenvalue weighted by atomic mass is 10.5. The third-order valence-electron chi connectivity index (χ3n) is 1.62. The maximum absolute atomic E-state index is 5.35. The van der Waals surface area contributed by atoms with E-state index in [4.69, 9.17) is 4.74 Å². The van der Waals surface area contributed by atoms with Crippen LogP contribution in [0.4, 0.5) is 0 Å². The monoisotopic (exact) mass is 202 g/mol. The van der Waals surface area contributed by atoms with Crippen LogP contribution < -0.4 is 0 Å². The molecule has 0 fully saturated rings. The zero-order chi connectivity index (χ0) is 9.94. The van der Waals surface area contributed by atoms with E-state index in [1.54, 1.807) is 0 Å². The van der Waals surface area contributed by atoms with Crippen LogP contribution in [0.5, 0.6) is 0 Å². The molecule has 0 N–H and O–H groups in total. The van der Waals surface area contributed by atoms with Crippen molar-refractivity contribution in [3.05, 3.63) is 0 Å². The highest BCUT2D eigenvalue weighted by Crippen LogP contribution is 1.85. The number of hydrogen-bond acceptors (Lipinski definition) is 4. The Labute approximate surface area is 85.8 Å². The van der Waals surface area contributed by atoms with Crippen LogP contribution in [0.25, 0.3) is 0 Å². The Morgan fingerprint density at radius 3 is 2.77 bits per heavy atom. The molecular weight excluding hydrogens is 184 g/mol. The van der Waals surface area contributed by atoms with Crippen LogP contribution in [-0.2, 0) is 4.74 Å². The molecule has 0 radical (unpaired) electrons. The molecule has 0 unspecified atom stereocenters. The molecule has 0 heterocycles. The van der Waals surface area contributed by atoms with Crippen LogP contribution in [0.15, 0.2) is 4.99 Å². The van der Waals surface area contributed by atoms with Gasteiger partial charge in [-0.1, -0.05) is 6.92 Å². The Morgan fingerprint density at radius 1 is 1.38 bits per heavy atom. The van der Waals surface area contributed by atoms with Crippen LogP contribution in [0.1, 0.15) is 13.3 Å². The number of nitrogens with zero attached hydrogens (tertiary/aromatic N) is 2. The molecule has 0 aliphatic heterocycles.